The topological polar surface area (TPSA) is 80.0 Å². The highest BCUT2D eigenvalue weighted by Crippen LogP contribution is 2.18. The molecule has 1 aromatic heterocycles. The van der Waals surface area contributed by atoms with E-state index in [0.29, 0.717) is 36.8 Å². The van der Waals surface area contributed by atoms with Crippen molar-refractivity contribution < 1.29 is 23.8 Å². The van der Waals surface area contributed by atoms with Crippen LogP contribution >= 0.6 is 0 Å². The monoisotopic (exact) mass is 267 g/mol. The summed E-state index contributed by atoms with van der Waals surface area (Å²) in [6.07, 6.45) is -0.531. The number of aryl methyl sites for hydroxylation is 2. The Kier molecular flexibility index (Phi) is 3.90. The Morgan fingerprint density at radius 1 is 1.47 bits per heavy atom. The Morgan fingerprint density at radius 2 is 2.21 bits per heavy atom. The second-order valence-electron chi connectivity index (χ2n) is 4.67. The molecule has 1 aromatic rings. The lowest BCUT2D eigenvalue weighted by atomic mass is 10.1. The fourth-order valence-corrected chi connectivity index (χ4v) is 2.24. The molecule has 1 fully saturated rings. The van der Waals surface area contributed by atoms with Crippen LogP contribution in [0.5, 0.6) is 0 Å². The Hall–Kier alpha value is -1.82. The summed E-state index contributed by atoms with van der Waals surface area (Å²) in [6.45, 7) is 4.67. The number of ether oxygens (including phenoxy) is 1. The molecule has 1 amide bonds. The van der Waals surface area contributed by atoms with Crippen molar-refractivity contribution in [1.82, 2.24) is 4.90 Å². The van der Waals surface area contributed by atoms with Crippen LogP contribution in [0.3, 0.4) is 0 Å². The minimum atomic E-state index is -0.922. The van der Waals surface area contributed by atoms with Crippen molar-refractivity contribution in [2.45, 2.75) is 26.4 Å². The number of carbonyl (C=O) groups excluding carboxylic acids is 1. The number of nitrogens with zero attached hydrogens (tertiary/aromatic N) is 1. The van der Waals surface area contributed by atoms with E-state index in [4.69, 9.17) is 14.3 Å². The van der Waals surface area contributed by atoms with Crippen molar-refractivity contribution in [3.05, 3.63) is 23.2 Å². The van der Waals surface area contributed by atoms with Crippen molar-refractivity contribution in [2.75, 3.05) is 19.7 Å². The molecule has 1 N–H and O–H groups in total. The summed E-state index contributed by atoms with van der Waals surface area (Å²) in [5.41, 5.74) is 0.536. The van der Waals surface area contributed by atoms with Gasteiger partial charge < -0.3 is 19.2 Å². The van der Waals surface area contributed by atoms with Crippen LogP contribution in [0, 0.1) is 13.8 Å². The molecule has 2 heterocycles. The van der Waals surface area contributed by atoms with E-state index in [1.54, 1.807) is 24.8 Å². The number of carbonyl (C=O) groups is 2. The van der Waals surface area contributed by atoms with Crippen LogP contribution < -0.4 is 0 Å². The molecule has 2 rings (SSSR count). The molecule has 1 aliphatic rings. The second kappa shape index (κ2) is 5.44. The number of aliphatic carboxylic acids is 1. The molecule has 1 atom stereocenters. The Labute approximate surface area is 110 Å². The summed E-state index contributed by atoms with van der Waals surface area (Å²) in [7, 11) is 0. The van der Waals surface area contributed by atoms with Gasteiger partial charge in [-0.1, -0.05) is 0 Å². The van der Waals surface area contributed by atoms with E-state index in [9.17, 15) is 9.59 Å². The maximum atomic E-state index is 12.3. The van der Waals surface area contributed by atoms with Gasteiger partial charge in [-0.05, 0) is 19.9 Å². The molecule has 104 valence electrons. The van der Waals surface area contributed by atoms with Gasteiger partial charge in [0.2, 0.25) is 0 Å². The van der Waals surface area contributed by atoms with Gasteiger partial charge in [0.1, 0.15) is 11.5 Å². The van der Waals surface area contributed by atoms with Gasteiger partial charge in [-0.25, -0.2) is 0 Å². The molecule has 0 aliphatic carbocycles. The molecule has 1 saturated heterocycles. The molecular weight excluding hydrogens is 250 g/mol. The number of amides is 1. The third-order valence-electron chi connectivity index (χ3n) is 3.10. The largest absolute Gasteiger partial charge is 0.481 e. The summed E-state index contributed by atoms with van der Waals surface area (Å²) >= 11 is 0. The lowest BCUT2D eigenvalue weighted by Gasteiger charge is -2.32. The number of rotatable bonds is 3. The number of morpholine rings is 1. The average molecular weight is 267 g/mol. The molecule has 6 nitrogen and oxygen atoms in total. The molecule has 0 aromatic carbocycles. The van der Waals surface area contributed by atoms with E-state index in [1.165, 1.54) is 0 Å². The summed E-state index contributed by atoms with van der Waals surface area (Å²) in [5.74, 6) is 0.225. The molecule has 0 saturated carbocycles. The van der Waals surface area contributed by atoms with Crippen LogP contribution in [0.4, 0.5) is 0 Å². The van der Waals surface area contributed by atoms with E-state index in [1.807, 2.05) is 0 Å². The van der Waals surface area contributed by atoms with E-state index < -0.39 is 12.1 Å². The quantitative estimate of drug-likeness (QED) is 0.890. The standard InChI is InChI=1S/C13H17NO5/c1-8-5-11(9(2)19-8)13(17)14-3-4-18-10(7-14)6-12(15)16/h5,10H,3-4,6-7H2,1-2H3,(H,15,16)/t10-/m1/s1. The van der Waals surface area contributed by atoms with Gasteiger partial charge in [-0.15, -0.1) is 0 Å². The van der Waals surface area contributed by atoms with Gasteiger partial charge in [0.25, 0.3) is 5.91 Å². The predicted octanol–water partition coefficient (Wildman–Crippen LogP) is 1.21. The first-order chi connectivity index (χ1) is 8.97. The first-order valence-corrected chi connectivity index (χ1v) is 6.17. The van der Waals surface area contributed by atoms with Crippen LogP contribution in [-0.2, 0) is 9.53 Å². The first-order valence-electron chi connectivity index (χ1n) is 6.17. The lowest BCUT2D eigenvalue weighted by molar-refractivity contribution is -0.141. The van der Waals surface area contributed by atoms with E-state index in [-0.39, 0.29) is 12.3 Å². The van der Waals surface area contributed by atoms with Crippen molar-refractivity contribution in [1.29, 1.82) is 0 Å². The highest BCUT2D eigenvalue weighted by atomic mass is 16.5. The smallest absolute Gasteiger partial charge is 0.306 e. The number of carboxylic acid groups (broad SMARTS) is 1. The third-order valence-corrected chi connectivity index (χ3v) is 3.10. The zero-order chi connectivity index (χ0) is 14.0. The van der Waals surface area contributed by atoms with Gasteiger partial charge in [0.05, 0.1) is 24.7 Å². The number of hydrogen-bond donors (Lipinski definition) is 1. The number of carboxylic acids is 1. The SMILES string of the molecule is Cc1cc(C(=O)N2CCO[C@H](CC(=O)O)C2)c(C)o1. The zero-order valence-corrected chi connectivity index (χ0v) is 11.0. The van der Waals surface area contributed by atoms with Gasteiger partial charge in [-0.3, -0.25) is 9.59 Å². The van der Waals surface area contributed by atoms with Crippen molar-refractivity contribution in [3.63, 3.8) is 0 Å². The minimum absolute atomic E-state index is 0.0901. The molecule has 0 radical (unpaired) electrons. The molecule has 6 heteroatoms. The fraction of sp³-hybridized carbons (Fsp3) is 0.538. The predicted molar refractivity (Wildman–Crippen MR) is 66.1 cm³/mol. The second-order valence-corrected chi connectivity index (χ2v) is 4.67. The highest BCUT2D eigenvalue weighted by Gasteiger charge is 2.28. The van der Waals surface area contributed by atoms with E-state index in [0.717, 1.165) is 0 Å². The summed E-state index contributed by atoms with van der Waals surface area (Å²) < 4.78 is 10.7. The molecule has 0 bridgehead atoms. The van der Waals surface area contributed by atoms with Gasteiger partial charge in [-0.2, -0.15) is 0 Å². The summed E-state index contributed by atoms with van der Waals surface area (Å²) in [5, 5.41) is 8.76. The van der Waals surface area contributed by atoms with E-state index >= 15 is 0 Å². The van der Waals surface area contributed by atoms with Crippen LogP contribution in [0.25, 0.3) is 0 Å². The maximum absolute atomic E-state index is 12.3. The van der Waals surface area contributed by atoms with Crippen molar-refractivity contribution >= 4 is 11.9 Å². The number of furan rings is 1. The minimum Gasteiger partial charge on any atom is -0.481 e. The molecule has 1 aliphatic heterocycles. The van der Waals surface area contributed by atoms with Crippen LogP contribution in [-0.4, -0.2) is 47.7 Å². The molecule has 0 spiro atoms. The normalized spacial score (nSPS) is 19.5. The molecular formula is C13H17NO5. The highest BCUT2D eigenvalue weighted by molar-refractivity contribution is 5.95. The van der Waals surface area contributed by atoms with Gasteiger partial charge in [0, 0.05) is 13.1 Å². The zero-order valence-electron chi connectivity index (χ0n) is 11.0. The average Bonchev–Trinajstić information content (AvgIpc) is 2.67. The third kappa shape index (κ3) is 3.14. The lowest BCUT2D eigenvalue weighted by Crippen LogP contribution is -2.46. The van der Waals surface area contributed by atoms with Crippen LogP contribution in [0.1, 0.15) is 28.3 Å². The Balaban J connectivity index is 2.07. The van der Waals surface area contributed by atoms with Gasteiger partial charge in [0.15, 0.2) is 0 Å². The fourth-order valence-electron chi connectivity index (χ4n) is 2.24. The summed E-state index contributed by atoms with van der Waals surface area (Å²) in [6, 6.07) is 1.71. The Bertz CT molecular complexity index is 493. The van der Waals surface area contributed by atoms with Crippen molar-refractivity contribution in [2.24, 2.45) is 0 Å². The van der Waals surface area contributed by atoms with Crippen LogP contribution in [0.15, 0.2) is 10.5 Å². The molecule has 0 unspecified atom stereocenters. The van der Waals surface area contributed by atoms with Crippen molar-refractivity contribution in [3.8, 4) is 0 Å². The summed E-state index contributed by atoms with van der Waals surface area (Å²) in [4.78, 5) is 24.6. The first kappa shape index (κ1) is 13.6. The van der Waals surface area contributed by atoms with E-state index in [2.05, 4.69) is 0 Å². The number of hydrogen-bond acceptors (Lipinski definition) is 4. The maximum Gasteiger partial charge on any atom is 0.306 e. The Morgan fingerprint density at radius 3 is 2.79 bits per heavy atom. The van der Waals surface area contributed by atoms with Gasteiger partial charge >= 0.3 is 5.97 Å². The molecule has 19 heavy (non-hydrogen) atoms. The van der Waals surface area contributed by atoms with Crippen LogP contribution in [0.2, 0.25) is 0 Å².